The topological polar surface area (TPSA) is 29.5 Å². The van der Waals surface area contributed by atoms with Gasteiger partial charge in [-0.05, 0) is 31.4 Å². The van der Waals surface area contributed by atoms with Crippen molar-refractivity contribution in [2.24, 2.45) is 0 Å². The van der Waals surface area contributed by atoms with Crippen LogP contribution < -0.4 is 0 Å². The second-order valence-electron chi connectivity index (χ2n) is 4.01. The van der Waals surface area contributed by atoms with Gasteiger partial charge in [-0.2, -0.15) is 0 Å². The average Bonchev–Trinajstić information content (AvgIpc) is 2.30. The van der Waals surface area contributed by atoms with Crippen molar-refractivity contribution < 1.29 is 9.53 Å². The third kappa shape index (κ3) is 2.48. The molecule has 3 heteroatoms. The van der Waals surface area contributed by atoms with E-state index in [2.05, 4.69) is 11.0 Å². The zero-order valence-corrected chi connectivity index (χ0v) is 9.16. The summed E-state index contributed by atoms with van der Waals surface area (Å²) in [6, 6.07) is 0. The van der Waals surface area contributed by atoms with Crippen LogP contribution in [0.15, 0.2) is 23.4 Å². The highest BCUT2D eigenvalue weighted by molar-refractivity contribution is 5.93. The Morgan fingerprint density at radius 2 is 2.00 bits per heavy atom. The standard InChI is InChI=1S/C12H17NO2/c1-10(14)11-2-4-12(5-3-11)13-6-8-15-9-7-13/h2,4H,3,5-9H2,1H3. The molecule has 2 aliphatic rings. The minimum Gasteiger partial charge on any atom is -0.378 e. The summed E-state index contributed by atoms with van der Waals surface area (Å²) < 4.78 is 5.31. The van der Waals surface area contributed by atoms with Gasteiger partial charge >= 0.3 is 0 Å². The normalized spacial score (nSPS) is 22.1. The van der Waals surface area contributed by atoms with Crippen molar-refractivity contribution in [1.82, 2.24) is 4.90 Å². The van der Waals surface area contributed by atoms with Gasteiger partial charge < -0.3 is 9.64 Å². The van der Waals surface area contributed by atoms with Crippen LogP contribution in [0.3, 0.4) is 0 Å². The fourth-order valence-corrected chi connectivity index (χ4v) is 2.03. The molecule has 0 saturated carbocycles. The molecule has 3 nitrogen and oxygen atoms in total. The van der Waals surface area contributed by atoms with Crippen LogP contribution in [0.5, 0.6) is 0 Å². The second-order valence-corrected chi connectivity index (χ2v) is 4.01. The lowest BCUT2D eigenvalue weighted by Crippen LogP contribution is -2.36. The SMILES string of the molecule is CC(=O)C1=CC=C(N2CCOCC2)CC1. The predicted molar refractivity (Wildman–Crippen MR) is 58.5 cm³/mol. The van der Waals surface area contributed by atoms with E-state index in [1.807, 2.05) is 6.08 Å². The van der Waals surface area contributed by atoms with Crippen LogP contribution in [0.4, 0.5) is 0 Å². The molecule has 1 aliphatic heterocycles. The zero-order chi connectivity index (χ0) is 10.7. The van der Waals surface area contributed by atoms with Crippen LogP contribution in [-0.2, 0) is 9.53 Å². The molecule has 1 saturated heterocycles. The number of allylic oxidation sites excluding steroid dienone is 4. The Labute approximate surface area is 90.4 Å². The average molecular weight is 207 g/mol. The summed E-state index contributed by atoms with van der Waals surface area (Å²) in [6.45, 7) is 5.24. The molecule has 0 atom stereocenters. The summed E-state index contributed by atoms with van der Waals surface area (Å²) >= 11 is 0. The molecule has 0 bridgehead atoms. The second kappa shape index (κ2) is 4.62. The van der Waals surface area contributed by atoms with Crippen LogP contribution in [-0.4, -0.2) is 37.0 Å². The van der Waals surface area contributed by atoms with Crippen molar-refractivity contribution >= 4 is 5.78 Å². The zero-order valence-electron chi connectivity index (χ0n) is 9.16. The molecule has 0 N–H and O–H groups in total. The van der Waals surface area contributed by atoms with Gasteiger partial charge in [-0.1, -0.05) is 6.08 Å². The molecule has 0 unspecified atom stereocenters. The van der Waals surface area contributed by atoms with E-state index >= 15 is 0 Å². The molecule has 1 aliphatic carbocycles. The van der Waals surface area contributed by atoms with Gasteiger partial charge in [-0.25, -0.2) is 0 Å². The highest BCUT2D eigenvalue weighted by Crippen LogP contribution is 2.22. The number of Topliss-reactive ketones (excluding diaryl/α,β-unsaturated/α-hetero) is 1. The molecule has 0 aromatic heterocycles. The van der Waals surface area contributed by atoms with Crippen molar-refractivity contribution in [2.45, 2.75) is 19.8 Å². The fourth-order valence-electron chi connectivity index (χ4n) is 2.03. The summed E-state index contributed by atoms with van der Waals surface area (Å²) in [6.07, 6.45) is 5.94. The van der Waals surface area contributed by atoms with Gasteiger partial charge in [-0.3, -0.25) is 4.79 Å². The molecule has 1 heterocycles. The lowest BCUT2D eigenvalue weighted by atomic mass is 9.99. The minimum absolute atomic E-state index is 0.201. The fraction of sp³-hybridized carbons (Fsp3) is 0.583. The molecule has 1 fully saturated rings. The Kier molecular flexibility index (Phi) is 3.21. The minimum atomic E-state index is 0.201. The first kappa shape index (κ1) is 10.4. The summed E-state index contributed by atoms with van der Waals surface area (Å²) in [5.74, 6) is 0.201. The Morgan fingerprint density at radius 1 is 1.27 bits per heavy atom. The molecule has 2 rings (SSSR count). The lowest BCUT2D eigenvalue weighted by molar-refractivity contribution is -0.113. The quantitative estimate of drug-likeness (QED) is 0.687. The third-order valence-corrected chi connectivity index (χ3v) is 3.00. The summed E-state index contributed by atoms with van der Waals surface area (Å²) in [4.78, 5) is 13.5. The smallest absolute Gasteiger partial charge is 0.155 e. The van der Waals surface area contributed by atoms with E-state index in [0.29, 0.717) is 0 Å². The van der Waals surface area contributed by atoms with Crippen molar-refractivity contribution in [3.63, 3.8) is 0 Å². The maximum absolute atomic E-state index is 11.2. The van der Waals surface area contributed by atoms with Gasteiger partial charge in [0.2, 0.25) is 0 Å². The number of hydrogen-bond acceptors (Lipinski definition) is 3. The molecule has 0 amide bonds. The molecule has 0 radical (unpaired) electrons. The first-order valence-electron chi connectivity index (χ1n) is 5.51. The summed E-state index contributed by atoms with van der Waals surface area (Å²) in [5.41, 5.74) is 2.30. The Morgan fingerprint density at radius 3 is 2.53 bits per heavy atom. The highest BCUT2D eigenvalue weighted by Gasteiger charge is 2.16. The third-order valence-electron chi connectivity index (χ3n) is 3.00. The van der Waals surface area contributed by atoms with Gasteiger partial charge in [0.1, 0.15) is 0 Å². The number of ketones is 1. The van der Waals surface area contributed by atoms with E-state index in [0.717, 1.165) is 44.7 Å². The molecule has 0 aromatic rings. The maximum Gasteiger partial charge on any atom is 0.155 e. The van der Waals surface area contributed by atoms with Gasteiger partial charge in [0.25, 0.3) is 0 Å². The van der Waals surface area contributed by atoms with Crippen LogP contribution in [0, 0.1) is 0 Å². The monoisotopic (exact) mass is 207 g/mol. The molecule has 15 heavy (non-hydrogen) atoms. The highest BCUT2D eigenvalue weighted by atomic mass is 16.5. The molecule has 82 valence electrons. The van der Waals surface area contributed by atoms with E-state index < -0.39 is 0 Å². The van der Waals surface area contributed by atoms with Crippen molar-refractivity contribution in [3.05, 3.63) is 23.4 Å². The Balaban J connectivity index is 2.02. The first-order chi connectivity index (χ1) is 7.27. The van der Waals surface area contributed by atoms with Crippen molar-refractivity contribution in [2.75, 3.05) is 26.3 Å². The number of carbonyl (C=O) groups is 1. The van der Waals surface area contributed by atoms with Crippen LogP contribution in [0.2, 0.25) is 0 Å². The van der Waals surface area contributed by atoms with E-state index in [9.17, 15) is 4.79 Å². The van der Waals surface area contributed by atoms with Crippen LogP contribution in [0.25, 0.3) is 0 Å². The van der Waals surface area contributed by atoms with Gasteiger partial charge in [0, 0.05) is 18.8 Å². The number of morpholine rings is 1. The molecule has 0 aromatic carbocycles. The van der Waals surface area contributed by atoms with Crippen LogP contribution in [0.1, 0.15) is 19.8 Å². The van der Waals surface area contributed by atoms with E-state index in [1.54, 1.807) is 6.92 Å². The van der Waals surface area contributed by atoms with Gasteiger partial charge in [0.15, 0.2) is 5.78 Å². The summed E-state index contributed by atoms with van der Waals surface area (Å²) in [7, 11) is 0. The van der Waals surface area contributed by atoms with Gasteiger partial charge in [0.05, 0.1) is 13.2 Å². The summed E-state index contributed by atoms with van der Waals surface area (Å²) in [5, 5.41) is 0. The number of ether oxygens (including phenoxy) is 1. The number of rotatable bonds is 2. The Hall–Kier alpha value is -1.09. The van der Waals surface area contributed by atoms with Crippen molar-refractivity contribution in [3.8, 4) is 0 Å². The molecular weight excluding hydrogens is 190 g/mol. The van der Waals surface area contributed by atoms with E-state index in [-0.39, 0.29) is 5.78 Å². The predicted octanol–water partition coefficient (Wildman–Crippen LogP) is 1.51. The first-order valence-corrected chi connectivity index (χ1v) is 5.51. The van der Waals surface area contributed by atoms with E-state index in [1.165, 1.54) is 5.70 Å². The van der Waals surface area contributed by atoms with Gasteiger partial charge in [-0.15, -0.1) is 0 Å². The lowest BCUT2D eigenvalue weighted by Gasteiger charge is -2.32. The number of carbonyl (C=O) groups excluding carboxylic acids is 1. The number of hydrogen-bond donors (Lipinski definition) is 0. The largest absolute Gasteiger partial charge is 0.378 e. The Bertz CT molecular complexity index is 312. The van der Waals surface area contributed by atoms with Crippen LogP contribution >= 0.6 is 0 Å². The van der Waals surface area contributed by atoms with Crippen molar-refractivity contribution in [1.29, 1.82) is 0 Å². The maximum atomic E-state index is 11.2. The molecular formula is C12H17NO2. The molecule has 0 spiro atoms. The number of nitrogens with zero attached hydrogens (tertiary/aromatic N) is 1. The van der Waals surface area contributed by atoms with E-state index in [4.69, 9.17) is 4.74 Å².